The number of anilines is 1. The molecule has 0 unspecified atom stereocenters. The van der Waals surface area contributed by atoms with Crippen LogP contribution in [0.4, 0.5) is 18.9 Å². The lowest BCUT2D eigenvalue weighted by molar-refractivity contribution is -0.138. The second-order valence-corrected chi connectivity index (χ2v) is 7.12. The van der Waals surface area contributed by atoms with E-state index in [1.807, 2.05) is 4.90 Å². The van der Waals surface area contributed by atoms with Gasteiger partial charge < -0.3 is 15.6 Å². The molecular weight excluding hydrogens is 441 g/mol. The summed E-state index contributed by atoms with van der Waals surface area (Å²) in [7, 11) is 0. The van der Waals surface area contributed by atoms with Crippen LogP contribution < -0.4 is 22.0 Å². The van der Waals surface area contributed by atoms with E-state index in [1.54, 1.807) is 0 Å². The van der Waals surface area contributed by atoms with E-state index >= 15 is 0 Å². The third kappa shape index (κ3) is 4.14. The van der Waals surface area contributed by atoms with Crippen molar-refractivity contribution < 1.29 is 13.2 Å². The zero-order chi connectivity index (χ0) is 20.5. The summed E-state index contributed by atoms with van der Waals surface area (Å²) in [6, 6.07) is 5.30. The van der Waals surface area contributed by atoms with E-state index in [0.29, 0.717) is 34.5 Å². The topological polar surface area (TPSA) is 104 Å². The molecule has 1 aliphatic heterocycles. The summed E-state index contributed by atoms with van der Waals surface area (Å²) in [4.78, 5) is 13.5. The average molecular weight is 459 g/mol. The van der Waals surface area contributed by atoms with Crippen molar-refractivity contribution in [3.8, 4) is 0 Å². The Hall–Kier alpha value is -2.53. The van der Waals surface area contributed by atoms with Crippen molar-refractivity contribution >= 4 is 21.6 Å². The van der Waals surface area contributed by atoms with Crippen molar-refractivity contribution in [3.63, 3.8) is 0 Å². The molecular formula is C17H18BrF3N6O. The number of nitrogens with zero attached hydrogens (tertiary/aromatic N) is 3. The molecule has 0 aliphatic carbocycles. The Balaban J connectivity index is 1.80. The van der Waals surface area contributed by atoms with Crippen LogP contribution in [0.5, 0.6) is 0 Å². The van der Waals surface area contributed by atoms with Gasteiger partial charge in [0.25, 0.3) is 5.56 Å². The SMILES string of the molecule is NC1=C(N(N)Cc2ccccc2C(F)(F)F)CCN(c2cn[nH]c(=O)c2Br)C1. The van der Waals surface area contributed by atoms with Gasteiger partial charge in [0.15, 0.2) is 0 Å². The van der Waals surface area contributed by atoms with Crippen LogP contribution in [-0.2, 0) is 12.7 Å². The Morgan fingerprint density at radius 2 is 2.04 bits per heavy atom. The summed E-state index contributed by atoms with van der Waals surface area (Å²) in [6.07, 6.45) is -2.54. The predicted molar refractivity (Wildman–Crippen MR) is 102 cm³/mol. The number of hydrogen-bond donors (Lipinski definition) is 3. The van der Waals surface area contributed by atoms with Gasteiger partial charge in [0.1, 0.15) is 4.47 Å². The minimum Gasteiger partial charge on any atom is -0.399 e. The molecule has 0 fully saturated rings. The van der Waals surface area contributed by atoms with Gasteiger partial charge in [0.2, 0.25) is 0 Å². The first-order valence-electron chi connectivity index (χ1n) is 8.31. The highest BCUT2D eigenvalue weighted by molar-refractivity contribution is 9.10. The van der Waals surface area contributed by atoms with Crippen LogP contribution in [0.1, 0.15) is 17.5 Å². The summed E-state index contributed by atoms with van der Waals surface area (Å²) in [5, 5.41) is 7.35. The molecule has 0 amide bonds. The third-order valence-corrected chi connectivity index (χ3v) is 5.24. The number of halogens is 4. The van der Waals surface area contributed by atoms with Gasteiger partial charge in [-0.1, -0.05) is 18.2 Å². The number of benzene rings is 1. The molecule has 0 radical (unpaired) electrons. The Kier molecular flexibility index (Phi) is 5.66. The smallest absolute Gasteiger partial charge is 0.399 e. The van der Waals surface area contributed by atoms with E-state index in [1.165, 1.54) is 29.4 Å². The highest BCUT2D eigenvalue weighted by Gasteiger charge is 2.33. The summed E-state index contributed by atoms with van der Waals surface area (Å²) in [6.45, 7) is 0.629. The first-order chi connectivity index (χ1) is 13.2. The van der Waals surface area contributed by atoms with Crippen molar-refractivity contribution in [2.24, 2.45) is 11.6 Å². The molecule has 2 heterocycles. The molecule has 7 nitrogen and oxygen atoms in total. The molecule has 0 bridgehead atoms. The number of nitrogens with one attached hydrogen (secondary N) is 1. The van der Waals surface area contributed by atoms with Crippen molar-refractivity contribution in [1.29, 1.82) is 0 Å². The van der Waals surface area contributed by atoms with E-state index in [2.05, 4.69) is 26.1 Å². The van der Waals surface area contributed by atoms with Crippen LogP contribution in [0.2, 0.25) is 0 Å². The predicted octanol–water partition coefficient (Wildman–Crippen LogP) is 2.31. The van der Waals surface area contributed by atoms with Gasteiger partial charge in [-0.25, -0.2) is 10.9 Å². The normalized spacial score (nSPS) is 15.1. The van der Waals surface area contributed by atoms with E-state index < -0.39 is 11.7 Å². The maximum atomic E-state index is 13.2. The monoisotopic (exact) mass is 458 g/mol. The van der Waals surface area contributed by atoms with Crippen LogP contribution in [-0.4, -0.2) is 28.3 Å². The maximum Gasteiger partial charge on any atom is 0.416 e. The summed E-state index contributed by atoms with van der Waals surface area (Å²) >= 11 is 3.23. The van der Waals surface area contributed by atoms with Crippen molar-refractivity contribution in [2.45, 2.75) is 19.1 Å². The second kappa shape index (κ2) is 7.84. The number of rotatable bonds is 4. The molecule has 3 rings (SSSR count). The number of H-pyrrole nitrogens is 1. The average Bonchev–Trinajstić information content (AvgIpc) is 2.63. The van der Waals surface area contributed by atoms with Gasteiger partial charge in [0.05, 0.1) is 36.2 Å². The standard InChI is InChI=1S/C17H18BrF3N6O/c18-15-14(7-24-25-16(15)28)26-6-5-13(12(22)9-26)27(23)8-10-3-1-2-4-11(10)17(19,20)21/h1-4,7H,5-6,8-9,22-23H2,(H,25,28). The lowest BCUT2D eigenvalue weighted by Crippen LogP contribution is -2.42. The third-order valence-electron chi connectivity index (χ3n) is 4.48. The number of hydrazine groups is 1. The first-order valence-corrected chi connectivity index (χ1v) is 9.10. The minimum absolute atomic E-state index is 0.0711. The fraction of sp³-hybridized carbons (Fsp3) is 0.294. The zero-order valence-electron chi connectivity index (χ0n) is 14.6. The molecule has 0 spiro atoms. The van der Waals surface area contributed by atoms with Gasteiger partial charge in [0, 0.05) is 18.7 Å². The Labute approximate surface area is 166 Å². The van der Waals surface area contributed by atoms with Crippen LogP contribution in [0.15, 0.2) is 51.1 Å². The molecule has 2 aromatic rings. The van der Waals surface area contributed by atoms with Crippen LogP contribution >= 0.6 is 15.9 Å². The van der Waals surface area contributed by atoms with E-state index in [9.17, 15) is 18.0 Å². The van der Waals surface area contributed by atoms with Gasteiger partial charge in [-0.3, -0.25) is 4.79 Å². The molecule has 5 N–H and O–H groups in total. The van der Waals surface area contributed by atoms with Crippen molar-refractivity contribution in [3.05, 3.63) is 67.8 Å². The molecule has 1 aromatic carbocycles. The number of aromatic nitrogens is 2. The molecule has 1 aliphatic rings. The fourth-order valence-corrected chi connectivity index (χ4v) is 3.56. The first kappa shape index (κ1) is 20.2. The molecule has 0 atom stereocenters. The summed E-state index contributed by atoms with van der Waals surface area (Å²) in [5.41, 5.74) is 6.70. The quantitative estimate of drug-likeness (QED) is 0.479. The van der Waals surface area contributed by atoms with Crippen molar-refractivity contribution in [2.75, 3.05) is 18.0 Å². The van der Waals surface area contributed by atoms with E-state index in [0.717, 1.165) is 6.07 Å². The summed E-state index contributed by atoms with van der Waals surface area (Å²) < 4.78 is 39.9. The maximum absolute atomic E-state index is 13.2. The zero-order valence-corrected chi connectivity index (χ0v) is 16.2. The number of alkyl halides is 3. The molecule has 0 saturated carbocycles. The van der Waals surface area contributed by atoms with Crippen LogP contribution in [0, 0.1) is 0 Å². The van der Waals surface area contributed by atoms with Gasteiger partial charge >= 0.3 is 6.18 Å². The molecule has 150 valence electrons. The molecule has 0 saturated heterocycles. The van der Waals surface area contributed by atoms with Crippen molar-refractivity contribution in [1.82, 2.24) is 15.2 Å². The lowest BCUT2D eigenvalue weighted by Gasteiger charge is -2.34. The van der Waals surface area contributed by atoms with E-state index in [4.69, 9.17) is 11.6 Å². The lowest BCUT2D eigenvalue weighted by atomic mass is 10.1. The highest BCUT2D eigenvalue weighted by Crippen LogP contribution is 2.33. The Bertz CT molecular complexity index is 958. The van der Waals surface area contributed by atoms with Gasteiger partial charge in [-0.2, -0.15) is 18.3 Å². The molecule has 1 aromatic heterocycles. The largest absolute Gasteiger partial charge is 0.416 e. The minimum atomic E-state index is -4.46. The van der Waals surface area contributed by atoms with Gasteiger partial charge in [-0.15, -0.1) is 0 Å². The second-order valence-electron chi connectivity index (χ2n) is 6.32. The number of aromatic amines is 1. The van der Waals surface area contributed by atoms with Crippen LogP contribution in [0.3, 0.4) is 0 Å². The highest BCUT2D eigenvalue weighted by atomic mass is 79.9. The summed E-state index contributed by atoms with van der Waals surface area (Å²) in [5.74, 6) is 6.05. The molecule has 28 heavy (non-hydrogen) atoms. The molecule has 11 heteroatoms. The number of hydrogen-bond acceptors (Lipinski definition) is 6. The fourth-order valence-electron chi connectivity index (χ4n) is 3.12. The van der Waals surface area contributed by atoms with E-state index in [-0.39, 0.29) is 24.2 Å². The van der Waals surface area contributed by atoms with Crippen LogP contribution in [0.25, 0.3) is 0 Å². The Morgan fingerprint density at radius 1 is 1.32 bits per heavy atom. The number of nitrogens with two attached hydrogens (primary N) is 2. The Morgan fingerprint density at radius 3 is 2.71 bits per heavy atom. The van der Waals surface area contributed by atoms with Gasteiger partial charge in [-0.05, 0) is 27.6 Å².